The first-order chi connectivity index (χ1) is 11.8. The molecule has 134 valence electrons. The molecule has 1 aromatic carbocycles. The Hall–Kier alpha value is -2.43. The number of halogens is 5. The first-order valence-electron chi connectivity index (χ1n) is 6.62. The number of nitrogens with one attached hydrogen (secondary N) is 1. The zero-order chi connectivity index (χ0) is 18.4. The van der Waals surface area contributed by atoms with E-state index in [1.165, 1.54) is 24.3 Å². The van der Waals surface area contributed by atoms with E-state index < -0.39 is 24.4 Å². The monoisotopic (exact) mass is 379 g/mol. The van der Waals surface area contributed by atoms with Gasteiger partial charge in [0.25, 0.3) is 0 Å². The van der Waals surface area contributed by atoms with Crippen LogP contribution in [0.1, 0.15) is 5.69 Å². The molecule has 0 aliphatic heterocycles. The van der Waals surface area contributed by atoms with Gasteiger partial charge in [0.15, 0.2) is 5.16 Å². The molecule has 0 radical (unpaired) electrons. The summed E-state index contributed by atoms with van der Waals surface area (Å²) in [6.45, 7) is -3.06. The highest BCUT2D eigenvalue weighted by Gasteiger charge is 2.32. The second-order valence-corrected chi connectivity index (χ2v) is 5.38. The number of hydrogen-bond acceptors (Lipinski definition) is 5. The molecule has 1 amide bonds. The number of anilines is 1. The first kappa shape index (κ1) is 18.9. The van der Waals surface area contributed by atoms with Gasteiger partial charge in [0.05, 0.1) is 11.4 Å². The molecule has 0 spiro atoms. The molecule has 0 aliphatic carbocycles. The van der Waals surface area contributed by atoms with Crippen molar-refractivity contribution in [3.63, 3.8) is 0 Å². The fourth-order valence-electron chi connectivity index (χ4n) is 1.65. The van der Waals surface area contributed by atoms with Crippen LogP contribution in [-0.2, 0) is 11.0 Å². The van der Waals surface area contributed by atoms with E-state index in [-0.39, 0.29) is 22.3 Å². The standard InChI is InChI=1S/C14H10F5N3O2S/c15-12(16)24-9-4-2-1-3-8(9)21-11(23)7-25-13-20-6-5-10(22-13)14(17,18)19/h1-6,12H,7H2,(H,21,23). The summed E-state index contributed by atoms with van der Waals surface area (Å²) >= 11 is 0.675. The van der Waals surface area contributed by atoms with Crippen LogP contribution in [0.4, 0.5) is 27.6 Å². The number of ether oxygens (including phenoxy) is 1. The van der Waals surface area contributed by atoms with Gasteiger partial charge in [-0.3, -0.25) is 4.79 Å². The first-order valence-corrected chi connectivity index (χ1v) is 7.61. The van der Waals surface area contributed by atoms with Gasteiger partial charge in [-0.05, 0) is 18.2 Å². The molecule has 0 bridgehead atoms. The van der Waals surface area contributed by atoms with Crippen LogP contribution in [0.25, 0.3) is 0 Å². The number of carbonyl (C=O) groups excluding carboxylic acids is 1. The minimum Gasteiger partial charge on any atom is -0.433 e. The highest BCUT2D eigenvalue weighted by atomic mass is 32.2. The molecular formula is C14H10F5N3O2S. The Morgan fingerprint density at radius 1 is 1.24 bits per heavy atom. The van der Waals surface area contributed by atoms with E-state index in [9.17, 15) is 26.7 Å². The van der Waals surface area contributed by atoms with Crippen molar-refractivity contribution in [2.24, 2.45) is 0 Å². The number of alkyl halides is 5. The summed E-state index contributed by atoms with van der Waals surface area (Å²) in [6.07, 6.45) is -3.69. The van der Waals surface area contributed by atoms with Crippen molar-refractivity contribution in [2.45, 2.75) is 17.9 Å². The van der Waals surface area contributed by atoms with Crippen LogP contribution < -0.4 is 10.1 Å². The third-order valence-electron chi connectivity index (χ3n) is 2.63. The molecule has 0 fully saturated rings. The molecule has 0 saturated heterocycles. The number of nitrogens with zero attached hydrogens (tertiary/aromatic N) is 2. The quantitative estimate of drug-likeness (QED) is 0.470. The van der Waals surface area contributed by atoms with Crippen molar-refractivity contribution in [3.05, 3.63) is 42.2 Å². The summed E-state index contributed by atoms with van der Waals surface area (Å²) in [5.41, 5.74) is -1.11. The minimum atomic E-state index is -4.62. The van der Waals surface area contributed by atoms with Crippen LogP contribution in [0.3, 0.4) is 0 Å². The maximum Gasteiger partial charge on any atom is 0.433 e. The minimum absolute atomic E-state index is 0.0124. The Bertz CT molecular complexity index is 742. The zero-order valence-electron chi connectivity index (χ0n) is 12.3. The van der Waals surface area contributed by atoms with E-state index in [1.807, 2.05) is 0 Å². The van der Waals surface area contributed by atoms with Crippen molar-refractivity contribution in [1.29, 1.82) is 0 Å². The van der Waals surface area contributed by atoms with E-state index >= 15 is 0 Å². The molecule has 0 aliphatic rings. The van der Waals surface area contributed by atoms with Gasteiger partial charge < -0.3 is 10.1 Å². The van der Waals surface area contributed by atoms with Gasteiger partial charge in [-0.25, -0.2) is 9.97 Å². The Morgan fingerprint density at radius 2 is 1.96 bits per heavy atom. The predicted octanol–water partition coefficient (Wildman–Crippen LogP) is 3.83. The van der Waals surface area contributed by atoms with E-state index in [0.717, 1.165) is 6.20 Å². The molecule has 2 rings (SSSR count). The van der Waals surface area contributed by atoms with Gasteiger partial charge >= 0.3 is 12.8 Å². The molecule has 1 N–H and O–H groups in total. The van der Waals surface area contributed by atoms with Crippen molar-refractivity contribution >= 4 is 23.4 Å². The SMILES string of the molecule is O=C(CSc1nccc(C(F)(F)F)n1)Nc1ccccc1OC(F)F. The van der Waals surface area contributed by atoms with E-state index in [1.54, 1.807) is 0 Å². The molecule has 1 heterocycles. The normalized spacial score (nSPS) is 11.4. The maximum atomic E-state index is 12.5. The van der Waals surface area contributed by atoms with Crippen molar-refractivity contribution in [3.8, 4) is 5.75 Å². The van der Waals surface area contributed by atoms with Gasteiger partial charge in [-0.2, -0.15) is 22.0 Å². The summed E-state index contributed by atoms with van der Waals surface area (Å²) < 4.78 is 66.5. The molecule has 25 heavy (non-hydrogen) atoms. The lowest BCUT2D eigenvalue weighted by Gasteiger charge is -2.11. The lowest BCUT2D eigenvalue weighted by Crippen LogP contribution is -2.16. The number of rotatable bonds is 6. The second-order valence-electron chi connectivity index (χ2n) is 4.43. The van der Waals surface area contributed by atoms with Gasteiger partial charge in [-0.15, -0.1) is 0 Å². The zero-order valence-corrected chi connectivity index (χ0v) is 13.1. The van der Waals surface area contributed by atoms with Gasteiger partial charge in [0.2, 0.25) is 5.91 Å². The Balaban J connectivity index is 1.98. The molecule has 11 heteroatoms. The molecular weight excluding hydrogens is 369 g/mol. The third kappa shape index (κ3) is 5.85. The van der Waals surface area contributed by atoms with E-state index in [4.69, 9.17) is 0 Å². The highest BCUT2D eigenvalue weighted by Crippen LogP contribution is 2.29. The molecule has 2 aromatic rings. The van der Waals surface area contributed by atoms with Crippen LogP contribution in [0.5, 0.6) is 5.75 Å². The highest BCUT2D eigenvalue weighted by molar-refractivity contribution is 7.99. The molecule has 0 atom stereocenters. The number of carbonyl (C=O) groups is 1. The fourth-order valence-corrected chi connectivity index (χ4v) is 2.28. The average Bonchev–Trinajstić information content (AvgIpc) is 2.54. The van der Waals surface area contributed by atoms with E-state index in [0.29, 0.717) is 17.8 Å². The van der Waals surface area contributed by atoms with Crippen LogP contribution in [-0.4, -0.2) is 28.2 Å². The van der Waals surface area contributed by atoms with Gasteiger partial charge in [-0.1, -0.05) is 23.9 Å². The van der Waals surface area contributed by atoms with Crippen molar-refractivity contribution in [2.75, 3.05) is 11.1 Å². The third-order valence-corrected chi connectivity index (χ3v) is 3.49. The summed E-state index contributed by atoms with van der Waals surface area (Å²) in [5.74, 6) is -1.19. The Morgan fingerprint density at radius 3 is 2.64 bits per heavy atom. The van der Waals surface area contributed by atoms with Crippen LogP contribution >= 0.6 is 11.8 Å². The van der Waals surface area contributed by atoms with Crippen LogP contribution in [0.15, 0.2) is 41.7 Å². The lowest BCUT2D eigenvalue weighted by molar-refractivity contribution is -0.141. The van der Waals surface area contributed by atoms with Crippen LogP contribution in [0, 0.1) is 0 Å². The second kappa shape index (κ2) is 8.10. The summed E-state index contributed by atoms with van der Waals surface area (Å²) in [7, 11) is 0. The molecule has 0 saturated carbocycles. The number of aromatic nitrogens is 2. The average molecular weight is 379 g/mol. The van der Waals surface area contributed by atoms with Crippen LogP contribution in [0.2, 0.25) is 0 Å². The van der Waals surface area contributed by atoms with Gasteiger partial charge in [0, 0.05) is 6.20 Å². The smallest absolute Gasteiger partial charge is 0.433 e. The summed E-state index contributed by atoms with van der Waals surface area (Å²) in [5, 5.41) is 2.10. The van der Waals surface area contributed by atoms with Gasteiger partial charge in [0.1, 0.15) is 11.4 Å². The lowest BCUT2D eigenvalue weighted by atomic mass is 10.3. The van der Waals surface area contributed by atoms with Crippen molar-refractivity contribution < 1.29 is 31.5 Å². The molecule has 5 nitrogen and oxygen atoms in total. The number of amides is 1. The Labute approximate surface area is 142 Å². The van der Waals surface area contributed by atoms with E-state index in [2.05, 4.69) is 20.0 Å². The largest absolute Gasteiger partial charge is 0.433 e. The number of hydrogen-bond donors (Lipinski definition) is 1. The number of benzene rings is 1. The summed E-state index contributed by atoms with van der Waals surface area (Å²) in [4.78, 5) is 18.8. The fraction of sp³-hybridized carbons (Fsp3) is 0.214. The molecule has 1 aromatic heterocycles. The topological polar surface area (TPSA) is 64.1 Å². The van der Waals surface area contributed by atoms with Crippen molar-refractivity contribution in [1.82, 2.24) is 9.97 Å². The summed E-state index contributed by atoms with van der Waals surface area (Å²) in [6, 6.07) is 6.24. The maximum absolute atomic E-state index is 12.5. The number of thioether (sulfide) groups is 1. The molecule has 0 unspecified atom stereocenters. The predicted molar refractivity (Wildman–Crippen MR) is 79.5 cm³/mol. The Kier molecular flexibility index (Phi) is 6.12. The number of para-hydroxylation sites is 2.